The van der Waals surface area contributed by atoms with E-state index in [0.717, 1.165) is 19.5 Å². The predicted molar refractivity (Wildman–Crippen MR) is 55.1 cm³/mol. The van der Waals surface area contributed by atoms with Crippen molar-refractivity contribution in [2.45, 2.75) is 12.5 Å². The van der Waals surface area contributed by atoms with Crippen molar-refractivity contribution < 1.29 is 9.84 Å². The molecule has 0 aromatic carbocycles. The van der Waals surface area contributed by atoms with E-state index in [2.05, 4.69) is 10.3 Å². The Bertz CT molecular complexity index is 290. The zero-order chi connectivity index (χ0) is 9.10. The van der Waals surface area contributed by atoms with Gasteiger partial charge >= 0.3 is 0 Å². The third-order valence-electron chi connectivity index (χ3n) is 2.04. The van der Waals surface area contributed by atoms with E-state index in [4.69, 9.17) is 4.74 Å². The molecular weight excluding hydrogens is 204 g/mol. The van der Waals surface area contributed by atoms with Crippen molar-refractivity contribution >= 4 is 12.4 Å². The second kappa shape index (κ2) is 5.02. The van der Waals surface area contributed by atoms with Crippen LogP contribution in [0.5, 0.6) is 11.6 Å². The number of ether oxygens (including phenoxy) is 1. The average molecular weight is 217 g/mol. The minimum atomic E-state index is 0. The van der Waals surface area contributed by atoms with Crippen molar-refractivity contribution in [2.24, 2.45) is 0 Å². The van der Waals surface area contributed by atoms with Crippen molar-refractivity contribution in [3.05, 3.63) is 18.3 Å². The standard InChI is InChI=1S/C9H12N2O2.ClH/c12-8-2-1-4-11-9(8)13-7-3-5-10-6-7;/h1-2,4,7,10,12H,3,5-6H2;1H. The number of hydrogen-bond acceptors (Lipinski definition) is 4. The van der Waals surface area contributed by atoms with E-state index in [9.17, 15) is 5.11 Å². The summed E-state index contributed by atoms with van der Waals surface area (Å²) in [5.41, 5.74) is 0. The highest BCUT2D eigenvalue weighted by Crippen LogP contribution is 2.23. The Balaban J connectivity index is 0.000000980. The highest BCUT2D eigenvalue weighted by Gasteiger charge is 2.17. The molecular formula is C9H13ClN2O2. The quantitative estimate of drug-likeness (QED) is 0.773. The molecule has 0 saturated carbocycles. The van der Waals surface area contributed by atoms with E-state index in [-0.39, 0.29) is 24.3 Å². The molecule has 1 aliphatic heterocycles. The molecule has 2 rings (SSSR count). The molecule has 1 fully saturated rings. The molecule has 2 N–H and O–H groups in total. The van der Waals surface area contributed by atoms with Gasteiger partial charge in [-0.1, -0.05) is 0 Å². The van der Waals surface area contributed by atoms with Crippen LogP contribution in [0.4, 0.5) is 0 Å². The van der Waals surface area contributed by atoms with Crippen molar-refractivity contribution in [2.75, 3.05) is 13.1 Å². The summed E-state index contributed by atoms with van der Waals surface area (Å²) in [6, 6.07) is 3.25. The lowest BCUT2D eigenvalue weighted by atomic mass is 10.3. The van der Waals surface area contributed by atoms with Crippen LogP contribution in [-0.2, 0) is 0 Å². The monoisotopic (exact) mass is 216 g/mol. The maximum atomic E-state index is 9.36. The maximum absolute atomic E-state index is 9.36. The van der Waals surface area contributed by atoms with E-state index in [1.807, 2.05) is 0 Å². The lowest BCUT2D eigenvalue weighted by molar-refractivity contribution is 0.204. The Morgan fingerprint density at radius 3 is 3.07 bits per heavy atom. The van der Waals surface area contributed by atoms with Crippen molar-refractivity contribution in [3.63, 3.8) is 0 Å². The van der Waals surface area contributed by atoms with Crippen LogP contribution >= 0.6 is 12.4 Å². The number of aromatic hydroxyl groups is 1. The fourth-order valence-corrected chi connectivity index (χ4v) is 1.36. The van der Waals surface area contributed by atoms with Crippen LogP contribution < -0.4 is 10.1 Å². The number of nitrogens with zero attached hydrogens (tertiary/aromatic N) is 1. The molecule has 0 aliphatic carbocycles. The molecule has 14 heavy (non-hydrogen) atoms. The smallest absolute Gasteiger partial charge is 0.257 e. The van der Waals surface area contributed by atoms with Crippen LogP contribution in [0.2, 0.25) is 0 Å². The highest BCUT2D eigenvalue weighted by molar-refractivity contribution is 5.85. The van der Waals surface area contributed by atoms with Gasteiger partial charge in [-0.25, -0.2) is 4.98 Å². The molecule has 4 nitrogen and oxygen atoms in total. The number of hydrogen-bond donors (Lipinski definition) is 2. The first-order valence-electron chi connectivity index (χ1n) is 4.37. The highest BCUT2D eigenvalue weighted by atomic mass is 35.5. The first kappa shape index (κ1) is 11.1. The lowest BCUT2D eigenvalue weighted by Crippen LogP contribution is -2.20. The summed E-state index contributed by atoms with van der Waals surface area (Å²) >= 11 is 0. The van der Waals surface area contributed by atoms with Gasteiger partial charge in [0.25, 0.3) is 5.88 Å². The Morgan fingerprint density at radius 2 is 2.43 bits per heavy atom. The van der Waals surface area contributed by atoms with Crippen LogP contribution in [0.1, 0.15) is 6.42 Å². The fraction of sp³-hybridized carbons (Fsp3) is 0.444. The van der Waals surface area contributed by atoms with Crippen LogP contribution in [-0.4, -0.2) is 29.3 Å². The fourth-order valence-electron chi connectivity index (χ4n) is 1.36. The normalized spacial score (nSPS) is 20.1. The summed E-state index contributed by atoms with van der Waals surface area (Å²) in [6.45, 7) is 1.80. The molecule has 5 heteroatoms. The summed E-state index contributed by atoms with van der Waals surface area (Å²) in [5, 5.41) is 12.5. The Labute approximate surface area is 88.7 Å². The van der Waals surface area contributed by atoms with Gasteiger partial charge < -0.3 is 15.2 Å². The number of nitrogens with one attached hydrogen (secondary N) is 1. The molecule has 1 unspecified atom stereocenters. The van der Waals surface area contributed by atoms with Gasteiger partial charge in [0.2, 0.25) is 0 Å². The van der Waals surface area contributed by atoms with E-state index >= 15 is 0 Å². The van der Waals surface area contributed by atoms with Crippen LogP contribution in [0.15, 0.2) is 18.3 Å². The second-order valence-electron chi connectivity index (χ2n) is 3.06. The van der Waals surface area contributed by atoms with Gasteiger partial charge in [0.1, 0.15) is 6.10 Å². The summed E-state index contributed by atoms with van der Waals surface area (Å²) < 4.78 is 5.48. The van der Waals surface area contributed by atoms with E-state index in [1.165, 1.54) is 0 Å². The van der Waals surface area contributed by atoms with Crippen LogP contribution in [0, 0.1) is 0 Å². The Hall–Kier alpha value is -1.00. The molecule has 1 aromatic heterocycles. The zero-order valence-electron chi connectivity index (χ0n) is 7.64. The SMILES string of the molecule is Cl.Oc1cccnc1OC1CCNC1. The van der Waals surface area contributed by atoms with Crippen molar-refractivity contribution in [3.8, 4) is 11.6 Å². The lowest BCUT2D eigenvalue weighted by Gasteiger charge is -2.11. The minimum absolute atomic E-state index is 0. The number of halogens is 1. The molecule has 0 amide bonds. The van der Waals surface area contributed by atoms with Gasteiger partial charge in [0.05, 0.1) is 0 Å². The van der Waals surface area contributed by atoms with Gasteiger partial charge in [-0.15, -0.1) is 12.4 Å². The Kier molecular flexibility index (Phi) is 3.98. The Morgan fingerprint density at radius 1 is 1.57 bits per heavy atom. The third kappa shape index (κ3) is 2.49. The molecule has 0 bridgehead atoms. The van der Waals surface area contributed by atoms with E-state index < -0.39 is 0 Å². The summed E-state index contributed by atoms with van der Waals surface area (Å²) in [7, 11) is 0. The van der Waals surface area contributed by atoms with E-state index in [1.54, 1.807) is 18.3 Å². The summed E-state index contributed by atoms with van der Waals surface area (Å²) in [4.78, 5) is 3.94. The molecule has 0 spiro atoms. The molecule has 78 valence electrons. The van der Waals surface area contributed by atoms with Gasteiger partial charge in [-0.05, 0) is 25.1 Å². The maximum Gasteiger partial charge on any atom is 0.257 e. The van der Waals surface area contributed by atoms with Crippen LogP contribution in [0.3, 0.4) is 0 Å². The average Bonchev–Trinajstić information content (AvgIpc) is 2.61. The molecule has 2 heterocycles. The van der Waals surface area contributed by atoms with E-state index in [0.29, 0.717) is 5.88 Å². The largest absolute Gasteiger partial charge is 0.503 e. The summed E-state index contributed by atoms with van der Waals surface area (Å²) in [6.07, 6.45) is 2.72. The van der Waals surface area contributed by atoms with Gasteiger partial charge in [0, 0.05) is 12.7 Å². The first-order valence-corrected chi connectivity index (χ1v) is 4.37. The topological polar surface area (TPSA) is 54.4 Å². The van der Waals surface area contributed by atoms with Gasteiger partial charge in [0.15, 0.2) is 5.75 Å². The van der Waals surface area contributed by atoms with Crippen LogP contribution in [0.25, 0.3) is 0 Å². The predicted octanol–water partition coefficient (Wildman–Crippen LogP) is 0.950. The van der Waals surface area contributed by atoms with Crippen molar-refractivity contribution in [1.82, 2.24) is 10.3 Å². The zero-order valence-corrected chi connectivity index (χ0v) is 8.46. The molecule has 1 saturated heterocycles. The van der Waals surface area contributed by atoms with Crippen molar-refractivity contribution in [1.29, 1.82) is 0 Å². The first-order chi connectivity index (χ1) is 6.36. The number of pyridine rings is 1. The number of aromatic nitrogens is 1. The number of rotatable bonds is 2. The second-order valence-corrected chi connectivity index (χ2v) is 3.06. The molecule has 1 aliphatic rings. The third-order valence-corrected chi connectivity index (χ3v) is 2.04. The summed E-state index contributed by atoms with van der Waals surface area (Å²) in [5.74, 6) is 0.436. The molecule has 1 aromatic rings. The van der Waals surface area contributed by atoms with Gasteiger partial charge in [-0.2, -0.15) is 0 Å². The minimum Gasteiger partial charge on any atom is -0.503 e. The van der Waals surface area contributed by atoms with Gasteiger partial charge in [-0.3, -0.25) is 0 Å². The molecule has 1 atom stereocenters. The molecule has 0 radical (unpaired) electrons.